The largest absolute Gasteiger partial charge is 0.349 e. The van der Waals surface area contributed by atoms with Gasteiger partial charge in [-0.1, -0.05) is 48.5 Å². The van der Waals surface area contributed by atoms with Crippen molar-refractivity contribution in [1.82, 2.24) is 9.97 Å². The van der Waals surface area contributed by atoms with Crippen molar-refractivity contribution in [2.75, 3.05) is 16.2 Å². The molecule has 0 radical (unpaired) electrons. The van der Waals surface area contributed by atoms with Crippen molar-refractivity contribution < 1.29 is 13.3 Å². The Hall–Kier alpha value is -4.05. The third kappa shape index (κ3) is 4.81. The highest BCUT2D eigenvalue weighted by Gasteiger charge is 2.25. The second-order valence-electron chi connectivity index (χ2n) is 7.70. The number of aryl methyl sites for hydroxylation is 1. The average Bonchev–Trinajstić information content (AvgIpc) is 2.82. The molecule has 9 nitrogen and oxygen atoms in total. The summed E-state index contributed by atoms with van der Waals surface area (Å²) in [6.07, 6.45) is 0. The van der Waals surface area contributed by atoms with Crippen LogP contribution in [0.1, 0.15) is 18.1 Å². The Labute approximate surface area is 197 Å². The fraction of sp³-hybridized carbons (Fsp3) is 0.167. The minimum Gasteiger partial charge on any atom is -0.349 e. The summed E-state index contributed by atoms with van der Waals surface area (Å²) in [5, 5.41) is 11.2. The van der Waals surface area contributed by atoms with Gasteiger partial charge in [-0.25, -0.2) is 18.4 Å². The first kappa shape index (κ1) is 23.1. The Balaban J connectivity index is 1.81. The van der Waals surface area contributed by atoms with Crippen LogP contribution in [-0.2, 0) is 16.6 Å². The van der Waals surface area contributed by atoms with Gasteiger partial charge in [-0.15, -0.1) is 0 Å². The summed E-state index contributed by atoms with van der Waals surface area (Å²) in [6, 6.07) is 20.7. The highest BCUT2D eigenvalue weighted by atomic mass is 32.2. The quantitative estimate of drug-likeness (QED) is 0.289. The van der Waals surface area contributed by atoms with Crippen molar-refractivity contribution >= 4 is 38.4 Å². The van der Waals surface area contributed by atoms with Crippen molar-refractivity contribution in [2.24, 2.45) is 0 Å². The Morgan fingerprint density at radius 2 is 1.62 bits per heavy atom. The number of nitrogens with zero attached hydrogens (tertiary/aromatic N) is 4. The molecule has 0 aliphatic carbocycles. The zero-order valence-corrected chi connectivity index (χ0v) is 19.5. The topological polar surface area (TPSA) is 118 Å². The van der Waals surface area contributed by atoms with E-state index in [0.717, 1.165) is 11.6 Å². The van der Waals surface area contributed by atoms with Crippen LogP contribution in [0.3, 0.4) is 0 Å². The molecule has 1 aromatic heterocycles. The number of non-ortho nitro benzene ring substituents is 1. The molecule has 0 atom stereocenters. The summed E-state index contributed by atoms with van der Waals surface area (Å²) >= 11 is 0. The second kappa shape index (κ2) is 9.44. The molecule has 34 heavy (non-hydrogen) atoms. The van der Waals surface area contributed by atoms with Crippen molar-refractivity contribution in [3.05, 3.63) is 94.0 Å². The molecule has 174 valence electrons. The average molecular weight is 478 g/mol. The maximum Gasteiger partial charge on any atom is 0.270 e. The smallest absolute Gasteiger partial charge is 0.270 e. The molecule has 1 N–H and O–H groups in total. The van der Waals surface area contributed by atoms with E-state index < -0.39 is 14.9 Å². The molecule has 0 fully saturated rings. The lowest BCUT2D eigenvalue weighted by atomic mass is 10.2. The zero-order valence-electron chi connectivity index (χ0n) is 18.7. The number of nitrogens with one attached hydrogen (secondary N) is 1. The molecule has 4 rings (SSSR count). The minimum atomic E-state index is -4.19. The summed E-state index contributed by atoms with van der Waals surface area (Å²) in [6.45, 7) is 4.57. The van der Waals surface area contributed by atoms with Gasteiger partial charge >= 0.3 is 0 Å². The number of hydrogen-bond donors (Lipinski definition) is 1. The minimum absolute atomic E-state index is 0.0578. The third-order valence-corrected chi connectivity index (χ3v) is 6.83. The monoisotopic (exact) mass is 477 g/mol. The van der Waals surface area contributed by atoms with Crippen molar-refractivity contribution in [2.45, 2.75) is 25.3 Å². The molecular weight excluding hydrogens is 454 g/mol. The van der Waals surface area contributed by atoms with Gasteiger partial charge in [0.15, 0.2) is 11.6 Å². The first-order valence-electron chi connectivity index (χ1n) is 10.6. The fourth-order valence-corrected chi connectivity index (χ4v) is 4.86. The molecule has 10 heteroatoms. The van der Waals surface area contributed by atoms with E-state index in [2.05, 4.69) is 9.71 Å². The summed E-state index contributed by atoms with van der Waals surface area (Å²) < 4.78 is 29.2. The molecule has 0 spiro atoms. The van der Waals surface area contributed by atoms with Crippen LogP contribution in [0.4, 0.5) is 17.3 Å². The number of sulfonamides is 1. The number of nitro groups is 1. The fourth-order valence-electron chi connectivity index (χ4n) is 3.59. The molecule has 0 aliphatic heterocycles. The van der Waals surface area contributed by atoms with Gasteiger partial charge in [-0.3, -0.25) is 14.8 Å². The van der Waals surface area contributed by atoms with Crippen molar-refractivity contribution in [3.63, 3.8) is 0 Å². The van der Waals surface area contributed by atoms with E-state index in [0.29, 0.717) is 35.5 Å². The number of rotatable bonds is 8. The maximum atomic E-state index is 13.3. The van der Waals surface area contributed by atoms with Crippen molar-refractivity contribution in [3.8, 4) is 0 Å². The zero-order chi connectivity index (χ0) is 24.3. The summed E-state index contributed by atoms with van der Waals surface area (Å²) in [4.78, 5) is 21.6. The molecule has 0 amide bonds. The maximum absolute atomic E-state index is 13.3. The van der Waals surface area contributed by atoms with Gasteiger partial charge in [0, 0.05) is 25.2 Å². The second-order valence-corrected chi connectivity index (χ2v) is 9.35. The molecule has 4 aromatic rings. The van der Waals surface area contributed by atoms with E-state index in [9.17, 15) is 18.5 Å². The SMILES string of the molecule is CCN(Cc1ccccc1)c1nc2ccccc2nc1NS(=O)(=O)c1cc([N+](=O)[O-])ccc1C. The van der Waals surface area contributed by atoms with Crippen LogP contribution < -0.4 is 9.62 Å². The molecule has 0 saturated heterocycles. The first-order valence-corrected chi connectivity index (χ1v) is 12.1. The Morgan fingerprint density at radius 3 is 2.26 bits per heavy atom. The number of nitro benzene ring substituents is 1. The predicted molar refractivity (Wildman–Crippen MR) is 131 cm³/mol. The van der Waals surface area contributed by atoms with E-state index >= 15 is 0 Å². The molecular formula is C24H23N5O4S. The predicted octanol–water partition coefficient (Wildman–Crippen LogP) is 4.67. The van der Waals surface area contributed by atoms with Gasteiger partial charge < -0.3 is 4.90 Å². The van der Waals surface area contributed by atoms with Gasteiger partial charge in [0.05, 0.1) is 20.9 Å². The van der Waals surface area contributed by atoms with Gasteiger partial charge in [0.2, 0.25) is 0 Å². The highest BCUT2D eigenvalue weighted by Crippen LogP contribution is 2.30. The van der Waals surface area contributed by atoms with Crippen molar-refractivity contribution in [1.29, 1.82) is 0 Å². The van der Waals surface area contributed by atoms with E-state index in [1.165, 1.54) is 12.1 Å². The van der Waals surface area contributed by atoms with Gasteiger partial charge in [0.25, 0.3) is 15.7 Å². The highest BCUT2D eigenvalue weighted by molar-refractivity contribution is 7.92. The normalized spacial score (nSPS) is 11.4. The van der Waals surface area contributed by atoms with Gasteiger partial charge in [0.1, 0.15) is 0 Å². The van der Waals surface area contributed by atoms with Crippen LogP contribution in [0, 0.1) is 17.0 Å². The lowest BCUT2D eigenvalue weighted by molar-refractivity contribution is -0.385. The number of anilines is 2. The summed E-state index contributed by atoms with van der Waals surface area (Å²) in [5.74, 6) is 0.430. The molecule has 0 bridgehead atoms. The summed E-state index contributed by atoms with van der Waals surface area (Å²) in [7, 11) is -4.19. The first-order chi connectivity index (χ1) is 16.3. The van der Waals surface area contributed by atoms with Gasteiger partial charge in [-0.2, -0.15) is 0 Å². The number of aromatic nitrogens is 2. The van der Waals surface area contributed by atoms with Crippen LogP contribution >= 0.6 is 0 Å². The van der Waals surface area contributed by atoms with Crippen LogP contribution in [0.2, 0.25) is 0 Å². The number of para-hydroxylation sites is 2. The number of hydrogen-bond acceptors (Lipinski definition) is 7. The Kier molecular flexibility index (Phi) is 6.42. The molecule has 0 saturated carbocycles. The molecule has 1 heterocycles. The molecule has 3 aromatic carbocycles. The summed E-state index contributed by atoms with van der Waals surface area (Å²) in [5.41, 5.74) is 2.25. The van der Waals surface area contributed by atoms with E-state index in [1.54, 1.807) is 19.1 Å². The lowest BCUT2D eigenvalue weighted by Crippen LogP contribution is -2.26. The number of fused-ring (bicyclic) bond motifs is 1. The van der Waals surface area contributed by atoms with Crippen LogP contribution in [0.5, 0.6) is 0 Å². The Bertz CT molecular complexity index is 1460. The molecule has 0 unspecified atom stereocenters. The number of benzene rings is 3. The standard InChI is InChI=1S/C24H23N5O4S/c1-3-28(16-18-9-5-4-6-10-18)24-23(25-20-11-7-8-12-21(20)26-24)27-34(32,33)22-15-19(29(30)31)14-13-17(22)2/h4-15H,3,16H2,1-2H3,(H,25,27). The third-order valence-electron chi connectivity index (χ3n) is 5.35. The van der Waals surface area contributed by atoms with Crippen LogP contribution in [-0.4, -0.2) is 29.9 Å². The van der Waals surface area contributed by atoms with Crippen LogP contribution in [0.25, 0.3) is 11.0 Å². The lowest BCUT2D eigenvalue weighted by Gasteiger charge is -2.25. The Morgan fingerprint density at radius 1 is 0.971 bits per heavy atom. The van der Waals surface area contributed by atoms with E-state index in [1.807, 2.05) is 54.3 Å². The van der Waals surface area contributed by atoms with E-state index in [-0.39, 0.29) is 16.4 Å². The van der Waals surface area contributed by atoms with Gasteiger partial charge in [-0.05, 0) is 37.1 Å². The van der Waals surface area contributed by atoms with Crippen LogP contribution in [0.15, 0.2) is 77.7 Å². The van der Waals surface area contributed by atoms with E-state index in [4.69, 9.17) is 4.98 Å². The molecule has 0 aliphatic rings.